The van der Waals surface area contributed by atoms with Gasteiger partial charge in [-0.15, -0.1) is 0 Å². The van der Waals surface area contributed by atoms with Crippen molar-refractivity contribution in [2.24, 2.45) is 67.9 Å². The number of amides is 17. The number of carbonyl (C=O) groups is 19. The summed E-state index contributed by atoms with van der Waals surface area (Å²) < 4.78 is 0. The lowest BCUT2D eigenvalue weighted by Crippen LogP contribution is -2.61. The molecule has 0 aromatic rings. The number of primary amides is 2. The summed E-state index contributed by atoms with van der Waals surface area (Å²) in [5.41, 5.74) is 39.3. The highest BCUT2D eigenvalue weighted by Gasteiger charge is 2.47. The minimum absolute atomic E-state index is 0.0156. The van der Waals surface area contributed by atoms with Gasteiger partial charge in [0.05, 0.1) is 19.1 Å². The fourth-order valence-corrected chi connectivity index (χ4v) is 15.7. The van der Waals surface area contributed by atoms with Gasteiger partial charge in [0.2, 0.25) is 100 Å². The molecule has 16 unspecified atom stereocenters. The molecule has 5 heterocycles. The molecular formula is C78H130N24O22. The summed E-state index contributed by atoms with van der Waals surface area (Å²) in [6.07, 6.45) is -0.440. The number of aliphatic imine (C=N–C) groups is 2. The molecule has 46 heteroatoms. The normalized spacial score (nSPS) is 20.1. The van der Waals surface area contributed by atoms with E-state index in [1.165, 1.54) is 23.6 Å². The van der Waals surface area contributed by atoms with Gasteiger partial charge in [0.15, 0.2) is 11.9 Å². The first-order valence-electron chi connectivity index (χ1n) is 42.4. The second-order valence-electron chi connectivity index (χ2n) is 33.4. The van der Waals surface area contributed by atoms with Crippen LogP contribution in [0.15, 0.2) is 9.98 Å². The summed E-state index contributed by atoms with van der Waals surface area (Å²) in [6.45, 7) is 12.4. The van der Waals surface area contributed by atoms with Crippen molar-refractivity contribution in [2.75, 3.05) is 52.4 Å². The Labute approximate surface area is 719 Å². The largest absolute Gasteiger partial charge is 0.481 e. The van der Waals surface area contributed by atoms with Crippen molar-refractivity contribution >= 4 is 124 Å². The number of carboxylic acid groups (broad SMARTS) is 2. The van der Waals surface area contributed by atoms with E-state index in [1.54, 1.807) is 27.7 Å². The molecule has 5 aliphatic heterocycles. The van der Waals surface area contributed by atoms with Gasteiger partial charge in [-0.1, -0.05) is 41.5 Å². The van der Waals surface area contributed by atoms with Gasteiger partial charge < -0.3 is 133 Å². The fraction of sp³-hybridized carbons (Fsp3) is 0.731. The Kier molecular flexibility index (Phi) is 41.2. The molecule has 5 fully saturated rings. The van der Waals surface area contributed by atoms with E-state index in [0.29, 0.717) is 12.8 Å². The van der Waals surface area contributed by atoms with E-state index in [4.69, 9.17) is 40.1 Å². The molecule has 0 saturated carbocycles. The quantitative estimate of drug-likeness (QED) is 0.0153. The van der Waals surface area contributed by atoms with Gasteiger partial charge in [0, 0.05) is 58.7 Å². The number of nitrogens with one attached hydrogen (secondary N) is 10. The lowest BCUT2D eigenvalue weighted by molar-refractivity contribution is -0.152. The summed E-state index contributed by atoms with van der Waals surface area (Å²) in [5.74, 6) is -18.3. The molecule has 0 aromatic carbocycles. The smallest absolute Gasteiger partial charge is 0.326 e. The number of likely N-dealkylation sites (tertiary alicyclic amines) is 5. The second kappa shape index (κ2) is 49.6. The fourth-order valence-electron chi connectivity index (χ4n) is 15.7. The van der Waals surface area contributed by atoms with Crippen LogP contribution in [0, 0.1) is 17.8 Å². The van der Waals surface area contributed by atoms with E-state index >= 15 is 0 Å². The van der Waals surface area contributed by atoms with E-state index in [9.17, 15) is 106 Å². The van der Waals surface area contributed by atoms with Crippen LogP contribution in [0.3, 0.4) is 0 Å². The maximum absolute atomic E-state index is 14.6. The molecular weight excluding hydrogens is 1630 g/mol. The molecule has 0 bridgehead atoms. The summed E-state index contributed by atoms with van der Waals surface area (Å²) >= 11 is 0. The zero-order chi connectivity index (χ0) is 92.7. The zero-order valence-corrected chi connectivity index (χ0v) is 72.0. The molecule has 694 valence electrons. The van der Waals surface area contributed by atoms with Crippen molar-refractivity contribution in [2.45, 2.75) is 293 Å². The van der Waals surface area contributed by atoms with Crippen molar-refractivity contribution in [3.63, 3.8) is 0 Å². The molecule has 5 aliphatic rings. The number of hydrogen-bond acceptors (Lipinski definition) is 23. The third-order valence-electron chi connectivity index (χ3n) is 21.9. The molecule has 0 aliphatic carbocycles. The molecule has 5 saturated heterocycles. The number of aliphatic carboxylic acids is 2. The molecule has 0 spiro atoms. The SMILES string of the molecule is CC(C)CC(N)C(=O)NC(CCC(=O)O)C(=O)NC(CC(N)=O)C(=O)N1CCCC1C(=O)NC(CO)C(=O)N1CCCC1C(=O)NC(CCC(N)=O)C(=O)NC(C)C(=O)N1CCCC1C(=O)NC(C)C(=O)NC(CCCN=C(N)N)C(=O)NC(CCCN=C(N)N)C(=O)NC(CC(C)C)C(=O)NC(CC(C)C)C(=O)N1CCCC1C(=O)N1CCCC1C(=O)O. The van der Waals surface area contributed by atoms with Crippen molar-refractivity contribution in [1.29, 1.82) is 0 Å². The number of rotatable bonds is 49. The standard InChI is InChI=1S/C78H130N24O22/c1-39(2)34-44(79)62(109)91-48(24-26-60(106)107)66(113)96-51(37-59(81)105)73(120)99-30-12-20-55(99)70(117)97-52(38-103)74(121)100-31-13-19-54(100)69(116)93-47(23-25-58(80)104)63(110)89-43(8)71(118)98-29-11-18-53(98)68(115)88-42(7)61(108)90-45(16-9-27-86-77(82)83)64(111)92-46(17-10-28-87-78(84)85)65(112)94-49(35-40(3)4)67(114)95-50(36-41(5)6)72(119)101-32-14-21-56(101)75(122)102-33-15-22-57(102)76(123)124/h39-57,103H,9-38,79H2,1-8H3,(H2,80,104)(H2,81,105)(H,88,115)(H,89,110)(H,90,108)(H,91,109)(H,92,111)(H,93,116)(H,94,112)(H,95,114)(H,96,113)(H,97,117)(H,106,107)(H,123,124)(H4,82,83,86)(H4,84,85,87). The van der Waals surface area contributed by atoms with Gasteiger partial charge in [-0.05, 0) is 154 Å². The highest BCUT2D eigenvalue weighted by Crippen LogP contribution is 2.29. The van der Waals surface area contributed by atoms with Gasteiger partial charge in [-0.25, -0.2) is 4.79 Å². The Balaban J connectivity index is 1.25. The average Bonchev–Trinajstić information content (AvgIpc) is 1.65. The number of aliphatic hydroxyl groups is 1. The topological polar surface area (TPSA) is 728 Å². The minimum Gasteiger partial charge on any atom is -0.481 e. The van der Waals surface area contributed by atoms with Gasteiger partial charge in [0.25, 0.3) is 0 Å². The van der Waals surface area contributed by atoms with Crippen LogP contribution in [0.1, 0.15) is 197 Å². The van der Waals surface area contributed by atoms with Gasteiger partial charge in [-0.2, -0.15) is 0 Å². The summed E-state index contributed by atoms with van der Waals surface area (Å²) in [6, 6.07) is -22.0. The molecule has 5 rings (SSSR count). The van der Waals surface area contributed by atoms with E-state index in [-0.39, 0.29) is 172 Å². The number of nitrogens with two attached hydrogens (primary N) is 7. The third kappa shape index (κ3) is 31.6. The average molecular weight is 1760 g/mol. The first-order valence-corrected chi connectivity index (χ1v) is 42.4. The molecule has 0 radical (unpaired) electrons. The Morgan fingerprint density at radius 2 is 0.710 bits per heavy atom. The van der Waals surface area contributed by atoms with Crippen molar-refractivity contribution in [3.8, 4) is 0 Å². The Morgan fingerprint density at radius 1 is 0.355 bits per heavy atom. The maximum atomic E-state index is 14.6. The summed E-state index contributed by atoms with van der Waals surface area (Å²) in [4.78, 5) is 275. The van der Waals surface area contributed by atoms with Crippen LogP contribution in [0.2, 0.25) is 0 Å². The van der Waals surface area contributed by atoms with Gasteiger partial charge in [-0.3, -0.25) is 96.3 Å². The van der Waals surface area contributed by atoms with E-state index in [0.717, 1.165) is 14.7 Å². The maximum Gasteiger partial charge on any atom is 0.326 e. The third-order valence-corrected chi connectivity index (χ3v) is 21.9. The van der Waals surface area contributed by atoms with Crippen LogP contribution < -0.4 is 93.3 Å². The van der Waals surface area contributed by atoms with Crippen LogP contribution in [0.4, 0.5) is 0 Å². The van der Waals surface area contributed by atoms with Crippen LogP contribution in [-0.4, -0.2) is 313 Å². The Morgan fingerprint density at radius 3 is 1.17 bits per heavy atom. The monoisotopic (exact) mass is 1750 g/mol. The van der Waals surface area contributed by atoms with Crippen molar-refractivity contribution < 1.29 is 106 Å². The Bertz CT molecular complexity index is 3890. The molecule has 0 aromatic heterocycles. The number of carboxylic acids is 2. The van der Waals surface area contributed by atoms with Crippen LogP contribution in [-0.2, 0) is 91.1 Å². The van der Waals surface area contributed by atoms with Gasteiger partial charge in [0.1, 0.15) is 90.6 Å². The van der Waals surface area contributed by atoms with Gasteiger partial charge >= 0.3 is 11.9 Å². The molecule has 27 N–H and O–H groups in total. The van der Waals surface area contributed by atoms with E-state index < -0.39 is 248 Å². The van der Waals surface area contributed by atoms with Crippen LogP contribution >= 0.6 is 0 Å². The van der Waals surface area contributed by atoms with E-state index in [1.807, 2.05) is 13.8 Å². The molecule has 17 amide bonds. The van der Waals surface area contributed by atoms with E-state index in [2.05, 4.69) is 63.2 Å². The molecule has 46 nitrogen and oxygen atoms in total. The lowest BCUT2D eigenvalue weighted by Gasteiger charge is -2.33. The predicted molar refractivity (Wildman–Crippen MR) is 444 cm³/mol. The first kappa shape index (κ1) is 103. The molecule has 124 heavy (non-hydrogen) atoms. The van der Waals surface area contributed by atoms with Crippen molar-refractivity contribution in [3.05, 3.63) is 0 Å². The van der Waals surface area contributed by atoms with Crippen molar-refractivity contribution in [1.82, 2.24) is 77.7 Å². The zero-order valence-electron chi connectivity index (χ0n) is 72.0. The molecule has 16 atom stereocenters. The lowest BCUT2D eigenvalue weighted by atomic mass is 9.99. The summed E-state index contributed by atoms with van der Waals surface area (Å²) in [7, 11) is 0. The Hall–Kier alpha value is -11.6. The highest BCUT2D eigenvalue weighted by molar-refractivity contribution is 6.02. The number of nitrogens with zero attached hydrogens (tertiary/aromatic N) is 7. The second-order valence-corrected chi connectivity index (χ2v) is 33.4. The van der Waals surface area contributed by atoms with Crippen LogP contribution in [0.25, 0.3) is 0 Å². The summed E-state index contributed by atoms with van der Waals surface area (Å²) in [5, 5.41) is 55.5. The predicted octanol–water partition coefficient (Wildman–Crippen LogP) is -7.52. The number of carbonyl (C=O) groups excluding carboxylic acids is 17. The highest BCUT2D eigenvalue weighted by atomic mass is 16.4. The number of aliphatic hydroxyl groups excluding tert-OH is 1. The number of hydrogen-bond donors (Lipinski definition) is 20. The first-order chi connectivity index (χ1) is 58.3. The van der Waals surface area contributed by atoms with Crippen LogP contribution in [0.5, 0.6) is 0 Å². The number of guanidine groups is 2. The minimum atomic E-state index is -1.75.